The van der Waals surface area contributed by atoms with Crippen molar-refractivity contribution in [1.29, 1.82) is 0 Å². The molecule has 23 heavy (non-hydrogen) atoms. The van der Waals surface area contributed by atoms with E-state index in [0.29, 0.717) is 32.7 Å². The van der Waals surface area contributed by atoms with Gasteiger partial charge in [0.1, 0.15) is 13.2 Å². The van der Waals surface area contributed by atoms with E-state index in [0.717, 1.165) is 17.1 Å². The zero-order valence-electron chi connectivity index (χ0n) is 13.6. The number of aliphatic hydroxyl groups is 1. The largest absolute Gasteiger partial charge is 0.486 e. The summed E-state index contributed by atoms with van der Waals surface area (Å²) in [6, 6.07) is 5.61. The third kappa shape index (κ3) is 3.59. The summed E-state index contributed by atoms with van der Waals surface area (Å²) in [4.78, 5) is 12.2. The van der Waals surface area contributed by atoms with Crippen molar-refractivity contribution in [1.82, 2.24) is 10.6 Å². The minimum absolute atomic E-state index is 0.0628. The van der Waals surface area contributed by atoms with E-state index in [2.05, 4.69) is 24.5 Å². The van der Waals surface area contributed by atoms with Crippen molar-refractivity contribution in [3.8, 4) is 11.5 Å². The first kappa shape index (κ1) is 16.1. The van der Waals surface area contributed by atoms with Crippen LogP contribution in [-0.2, 0) is 10.2 Å². The van der Waals surface area contributed by atoms with Crippen LogP contribution in [0.15, 0.2) is 18.2 Å². The molecule has 1 aromatic rings. The number of hydrogen-bond acceptors (Lipinski definition) is 5. The summed E-state index contributed by atoms with van der Waals surface area (Å²) in [6.07, 6.45) is 0.0348. The smallest absolute Gasteiger partial charge is 0.237 e. The van der Waals surface area contributed by atoms with Gasteiger partial charge in [0, 0.05) is 18.5 Å². The molecule has 0 aliphatic carbocycles. The van der Waals surface area contributed by atoms with Crippen molar-refractivity contribution in [3.63, 3.8) is 0 Å². The van der Waals surface area contributed by atoms with Crippen molar-refractivity contribution >= 4 is 5.91 Å². The lowest BCUT2D eigenvalue weighted by molar-refractivity contribution is -0.123. The molecular weight excluding hydrogens is 296 g/mol. The molecule has 126 valence electrons. The molecule has 0 radical (unpaired) electrons. The number of carbonyl (C=O) groups is 1. The fraction of sp³-hybridized carbons (Fsp3) is 0.588. The first-order valence-corrected chi connectivity index (χ1v) is 8.05. The van der Waals surface area contributed by atoms with E-state index in [1.165, 1.54) is 0 Å². The van der Waals surface area contributed by atoms with E-state index in [9.17, 15) is 9.90 Å². The normalized spacial score (nSPS) is 23.6. The second-order valence-electron chi connectivity index (χ2n) is 6.81. The van der Waals surface area contributed by atoms with Crippen LogP contribution >= 0.6 is 0 Å². The number of β-amino-alcohol motifs (C(OH)–C–C–N with tert-alkyl or cyclic N) is 1. The van der Waals surface area contributed by atoms with E-state index in [4.69, 9.17) is 9.47 Å². The molecule has 1 saturated heterocycles. The summed E-state index contributed by atoms with van der Waals surface area (Å²) in [5.41, 5.74) is 0.851. The zero-order chi connectivity index (χ0) is 16.4. The zero-order valence-corrected chi connectivity index (χ0v) is 13.6. The molecule has 0 unspecified atom stereocenters. The maximum atomic E-state index is 12.2. The molecular formula is C17H24N2O4. The molecule has 1 amide bonds. The Morgan fingerprint density at radius 3 is 2.78 bits per heavy atom. The Hall–Kier alpha value is -1.79. The quantitative estimate of drug-likeness (QED) is 0.756. The van der Waals surface area contributed by atoms with E-state index in [1.54, 1.807) is 0 Å². The van der Waals surface area contributed by atoms with Gasteiger partial charge in [-0.25, -0.2) is 0 Å². The minimum Gasteiger partial charge on any atom is -0.486 e. The molecule has 2 atom stereocenters. The van der Waals surface area contributed by atoms with Gasteiger partial charge < -0.3 is 25.2 Å². The second-order valence-corrected chi connectivity index (χ2v) is 6.81. The Labute approximate surface area is 136 Å². The van der Waals surface area contributed by atoms with Crippen LogP contribution in [0.25, 0.3) is 0 Å². The number of fused-ring (bicyclic) bond motifs is 1. The number of carbonyl (C=O) groups excluding carboxylic acids is 1. The summed E-state index contributed by atoms with van der Waals surface area (Å²) >= 11 is 0. The lowest BCUT2D eigenvalue weighted by Gasteiger charge is -2.28. The number of rotatable bonds is 4. The molecule has 3 N–H and O–H groups in total. The maximum Gasteiger partial charge on any atom is 0.237 e. The second kappa shape index (κ2) is 6.37. The van der Waals surface area contributed by atoms with Gasteiger partial charge in [-0.3, -0.25) is 4.79 Å². The molecule has 0 saturated carbocycles. The Morgan fingerprint density at radius 2 is 2.09 bits per heavy atom. The average Bonchev–Trinajstić information content (AvgIpc) is 2.99. The van der Waals surface area contributed by atoms with Crippen LogP contribution in [0.2, 0.25) is 0 Å². The lowest BCUT2D eigenvalue weighted by atomic mass is 9.84. The van der Waals surface area contributed by atoms with Crippen LogP contribution in [0.1, 0.15) is 25.8 Å². The highest BCUT2D eigenvalue weighted by molar-refractivity contribution is 5.82. The molecule has 0 bridgehead atoms. The van der Waals surface area contributed by atoms with Crippen molar-refractivity contribution in [3.05, 3.63) is 23.8 Å². The van der Waals surface area contributed by atoms with Gasteiger partial charge in [0.25, 0.3) is 0 Å². The molecule has 2 heterocycles. The third-order valence-corrected chi connectivity index (χ3v) is 4.45. The van der Waals surface area contributed by atoms with Gasteiger partial charge in [-0.15, -0.1) is 0 Å². The number of benzene rings is 1. The molecule has 2 aliphatic heterocycles. The summed E-state index contributed by atoms with van der Waals surface area (Å²) < 4.78 is 11.2. The van der Waals surface area contributed by atoms with Crippen LogP contribution in [0.5, 0.6) is 11.5 Å². The number of amides is 1. The third-order valence-electron chi connectivity index (χ3n) is 4.45. The first-order valence-electron chi connectivity index (χ1n) is 8.05. The Bertz CT molecular complexity index is 588. The number of nitrogens with one attached hydrogen (secondary N) is 2. The monoisotopic (exact) mass is 320 g/mol. The van der Waals surface area contributed by atoms with Crippen LogP contribution in [0.4, 0.5) is 0 Å². The van der Waals surface area contributed by atoms with Crippen molar-refractivity contribution in [2.75, 3.05) is 26.3 Å². The van der Waals surface area contributed by atoms with Crippen molar-refractivity contribution in [2.24, 2.45) is 0 Å². The van der Waals surface area contributed by atoms with E-state index >= 15 is 0 Å². The molecule has 0 aromatic heterocycles. The summed E-state index contributed by atoms with van der Waals surface area (Å²) in [5, 5.41) is 15.5. The molecule has 6 heteroatoms. The van der Waals surface area contributed by atoms with Gasteiger partial charge in [0.05, 0.1) is 12.1 Å². The van der Waals surface area contributed by atoms with Crippen LogP contribution in [0.3, 0.4) is 0 Å². The fourth-order valence-corrected chi connectivity index (χ4v) is 2.91. The van der Waals surface area contributed by atoms with E-state index in [-0.39, 0.29) is 17.4 Å². The molecule has 0 spiro atoms. The molecule has 1 aromatic carbocycles. The highest BCUT2D eigenvalue weighted by atomic mass is 16.6. The molecule has 2 aliphatic rings. The summed E-state index contributed by atoms with van der Waals surface area (Å²) in [6.45, 7) is 6.28. The number of hydrogen-bond donors (Lipinski definition) is 3. The van der Waals surface area contributed by atoms with Crippen LogP contribution in [-0.4, -0.2) is 49.5 Å². The van der Waals surface area contributed by atoms with Gasteiger partial charge >= 0.3 is 0 Å². The lowest BCUT2D eigenvalue weighted by Crippen LogP contribution is -2.45. The SMILES string of the molecule is CC(C)(CNC(=O)[C@H]1C[C@H](O)CN1)c1ccc2c(c1)OCCO2. The highest BCUT2D eigenvalue weighted by Crippen LogP contribution is 2.34. The molecule has 6 nitrogen and oxygen atoms in total. The Balaban J connectivity index is 1.63. The first-order chi connectivity index (χ1) is 11.0. The highest BCUT2D eigenvalue weighted by Gasteiger charge is 2.30. The number of ether oxygens (including phenoxy) is 2. The van der Waals surface area contributed by atoms with Gasteiger partial charge in [0.15, 0.2) is 11.5 Å². The van der Waals surface area contributed by atoms with E-state index < -0.39 is 6.10 Å². The van der Waals surface area contributed by atoms with Gasteiger partial charge in [0.2, 0.25) is 5.91 Å². The van der Waals surface area contributed by atoms with Gasteiger partial charge in [-0.05, 0) is 24.1 Å². The van der Waals surface area contributed by atoms with E-state index in [1.807, 2.05) is 18.2 Å². The summed E-state index contributed by atoms with van der Waals surface area (Å²) in [7, 11) is 0. The maximum absolute atomic E-state index is 12.2. The standard InChI is InChI=1S/C17H24N2O4/c1-17(2,10-19-16(21)13-8-12(20)9-18-13)11-3-4-14-15(7-11)23-6-5-22-14/h3-4,7,12-13,18,20H,5-6,8-10H2,1-2H3,(H,19,21)/t12-,13+/m0/s1. The van der Waals surface area contributed by atoms with Crippen LogP contribution < -0.4 is 20.1 Å². The van der Waals surface area contributed by atoms with Gasteiger partial charge in [-0.1, -0.05) is 19.9 Å². The van der Waals surface area contributed by atoms with Gasteiger partial charge in [-0.2, -0.15) is 0 Å². The average molecular weight is 320 g/mol. The van der Waals surface area contributed by atoms with Crippen LogP contribution in [0, 0.1) is 0 Å². The molecule has 3 rings (SSSR count). The fourth-order valence-electron chi connectivity index (χ4n) is 2.91. The number of aliphatic hydroxyl groups excluding tert-OH is 1. The topological polar surface area (TPSA) is 79.8 Å². The Morgan fingerprint density at radius 1 is 1.35 bits per heavy atom. The minimum atomic E-state index is -0.434. The summed E-state index contributed by atoms with van der Waals surface area (Å²) in [5.74, 6) is 1.46. The van der Waals surface area contributed by atoms with Crippen molar-refractivity contribution < 1.29 is 19.4 Å². The predicted molar refractivity (Wildman–Crippen MR) is 85.9 cm³/mol. The Kier molecular flexibility index (Phi) is 4.46. The van der Waals surface area contributed by atoms with Crippen molar-refractivity contribution in [2.45, 2.75) is 37.8 Å². The predicted octanol–water partition coefficient (Wildman–Crippen LogP) is 0.574. The molecule has 1 fully saturated rings.